The topological polar surface area (TPSA) is 88.9 Å². The van der Waals surface area contributed by atoms with Crippen molar-refractivity contribution in [1.82, 2.24) is 14.8 Å². The number of amides is 2. The number of anilines is 2. The number of carbonyl (C=O) groups is 2. The highest BCUT2D eigenvalue weighted by molar-refractivity contribution is 7.99. The van der Waals surface area contributed by atoms with E-state index in [1.807, 2.05) is 32.0 Å². The van der Waals surface area contributed by atoms with E-state index in [1.165, 1.54) is 11.8 Å². The minimum Gasteiger partial charge on any atom is -0.325 e. The molecule has 7 nitrogen and oxygen atoms in total. The van der Waals surface area contributed by atoms with Crippen LogP contribution in [0.1, 0.15) is 17.0 Å². The number of aryl methyl sites for hydroxylation is 2. The Balaban J connectivity index is 1.54. The third-order valence-electron chi connectivity index (χ3n) is 4.34. The molecule has 2 aromatic carbocycles. The fourth-order valence-electron chi connectivity index (χ4n) is 2.81. The lowest BCUT2D eigenvalue weighted by Gasteiger charge is -2.09. The lowest BCUT2D eigenvalue weighted by molar-refractivity contribution is -0.116. The van der Waals surface area contributed by atoms with E-state index < -0.39 is 0 Å². The first-order chi connectivity index (χ1) is 14.3. The highest BCUT2D eigenvalue weighted by Crippen LogP contribution is 2.19. The molecule has 0 bridgehead atoms. The van der Waals surface area contributed by atoms with Gasteiger partial charge in [0.15, 0.2) is 5.16 Å². The Morgan fingerprint density at radius 3 is 2.60 bits per heavy atom. The monoisotopic (exact) mass is 443 g/mol. The van der Waals surface area contributed by atoms with Crippen LogP contribution in [-0.2, 0) is 23.1 Å². The number of rotatable bonds is 7. The molecule has 0 atom stereocenters. The molecule has 0 saturated heterocycles. The first kappa shape index (κ1) is 21.9. The van der Waals surface area contributed by atoms with Crippen LogP contribution in [0.2, 0.25) is 5.02 Å². The second-order valence-corrected chi connectivity index (χ2v) is 8.23. The molecule has 3 aromatic rings. The fraction of sp³-hybridized carbons (Fsp3) is 0.238. The number of nitrogens with zero attached hydrogens (tertiary/aromatic N) is 3. The third-order valence-corrected chi connectivity index (χ3v) is 5.60. The van der Waals surface area contributed by atoms with Crippen molar-refractivity contribution in [3.63, 3.8) is 0 Å². The molecule has 0 aliphatic carbocycles. The molecule has 0 aliphatic heterocycles. The van der Waals surface area contributed by atoms with E-state index in [0.717, 1.165) is 16.8 Å². The summed E-state index contributed by atoms with van der Waals surface area (Å²) in [6, 6.07) is 12.8. The summed E-state index contributed by atoms with van der Waals surface area (Å²) in [6.07, 6.45) is 0.0894. The van der Waals surface area contributed by atoms with Crippen LogP contribution < -0.4 is 10.6 Å². The van der Waals surface area contributed by atoms with E-state index >= 15 is 0 Å². The fourth-order valence-corrected chi connectivity index (χ4v) is 3.73. The molecule has 1 aromatic heterocycles. The Bertz CT molecular complexity index is 1080. The summed E-state index contributed by atoms with van der Waals surface area (Å²) in [6.45, 7) is 3.96. The van der Waals surface area contributed by atoms with Gasteiger partial charge < -0.3 is 15.2 Å². The minimum absolute atomic E-state index is 0.0894. The summed E-state index contributed by atoms with van der Waals surface area (Å²) >= 11 is 7.17. The van der Waals surface area contributed by atoms with Crippen LogP contribution >= 0.6 is 23.4 Å². The molecule has 0 saturated carbocycles. The van der Waals surface area contributed by atoms with E-state index in [0.29, 0.717) is 21.7 Å². The van der Waals surface area contributed by atoms with Gasteiger partial charge in [0.25, 0.3) is 0 Å². The predicted molar refractivity (Wildman–Crippen MR) is 120 cm³/mol. The van der Waals surface area contributed by atoms with Crippen LogP contribution in [0, 0.1) is 13.8 Å². The van der Waals surface area contributed by atoms with Crippen molar-refractivity contribution < 1.29 is 9.59 Å². The average Bonchev–Trinajstić information content (AvgIpc) is 3.02. The third kappa shape index (κ3) is 5.84. The van der Waals surface area contributed by atoms with Crippen molar-refractivity contribution in [3.8, 4) is 0 Å². The Labute approximate surface area is 184 Å². The number of hydrogen-bond acceptors (Lipinski definition) is 5. The number of aromatic nitrogens is 3. The lowest BCUT2D eigenvalue weighted by atomic mass is 10.1. The molecule has 0 unspecified atom stereocenters. The molecule has 0 fully saturated rings. The van der Waals surface area contributed by atoms with Crippen molar-refractivity contribution >= 4 is 46.6 Å². The van der Waals surface area contributed by atoms with Gasteiger partial charge in [-0.1, -0.05) is 47.1 Å². The molecule has 1 heterocycles. The smallest absolute Gasteiger partial charge is 0.234 e. The molecule has 2 amide bonds. The number of halogens is 1. The quantitative estimate of drug-likeness (QED) is 0.539. The van der Waals surface area contributed by atoms with Gasteiger partial charge in [0.05, 0.1) is 12.2 Å². The van der Waals surface area contributed by atoms with Crippen LogP contribution in [0.5, 0.6) is 0 Å². The molecular weight excluding hydrogens is 422 g/mol. The second kappa shape index (κ2) is 9.77. The van der Waals surface area contributed by atoms with E-state index in [4.69, 9.17) is 11.6 Å². The summed E-state index contributed by atoms with van der Waals surface area (Å²) in [5.74, 6) is 0.329. The van der Waals surface area contributed by atoms with Crippen molar-refractivity contribution in [2.45, 2.75) is 25.4 Å². The van der Waals surface area contributed by atoms with Gasteiger partial charge in [-0.3, -0.25) is 9.59 Å². The normalized spacial score (nSPS) is 10.7. The van der Waals surface area contributed by atoms with Gasteiger partial charge in [0.1, 0.15) is 5.82 Å². The zero-order valence-corrected chi connectivity index (χ0v) is 18.5. The highest BCUT2D eigenvalue weighted by atomic mass is 35.5. The molecular formula is C21H22ClN5O2S. The minimum atomic E-state index is -0.181. The Kier molecular flexibility index (Phi) is 7.12. The lowest BCUT2D eigenvalue weighted by Crippen LogP contribution is -2.18. The van der Waals surface area contributed by atoms with Crippen molar-refractivity contribution in [1.29, 1.82) is 0 Å². The summed E-state index contributed by atoms with van der Waals surface area (Å²) in [7, 11) is 1.77. The van der Waals surface area contributed by atoms with Crippen LogP contribution in [-0.4, -0.2) is 32.3 Å². The van der Waals surface area contributed by atoms with E-state index in [2.05, 4.69) is 20.8 Å². The SMILES string of the molecule is Cc1ccc(NC(=O)Cc2nnc(SCC(=O)Nc3cccc(Cl)c3)n2C)c(C)c1. The van der Waals surface area contributed by atoms with Crippen molar-refractivity contribution in [3.05, 3.63) is 64.4 Å². The molecule has 3 rings (SSSR count). The molecule has 30 heavy (non-hydrogen) atoms. The molecule has 9 heteroatoms. The summed E-state index contributed by atoms with van der Waals surface area (Å²) in [4.78, 5) is 24.6. The van der Waals surface area contributed by atoms with Crippen LogP contribution in [0.4, 0.5) is 11.4 Å². The van der Waals surface area contributed by atoms with Gasteiger partial charge in [-0.15, -0.1) is 10.2 Å². The molecule has 0 radical (unpaired) electrons. The largest absolute Gasteiger partial charge is 0.325 e. The Morgan fingerprint density at radius 1 is 1.07 bits per heavy atom. The first-order valence-electron chi connectivity index (χ1n) is 9.25. The van der Waals surface area contributed by atoms with Gasteiger partial charge in [-0.2, -0.15) is 0 Å². The van der Waals surface area contributed by atoms with Gasteiger partial charge in [0, 0.05) is 23.4 Å². The molecule has 0 spiro atoms. The summed E-state index contributed by atoms with van der Waals surface area (Å²) < 4.78 is 1.72. The molecule has 0 aliphatic rings. The first-order valence-corrected chi connectivity index (χ1v) is 10.6. The zero-order chi connectivity index (χ0) is 21.7. The number of thioether (sulfide) groups is 1. The maximum absolute atomic E-state index is 12.4. The summed E-state index contributed by atoms with van der Waals surface area (Å²) in [5, 5.41) is 15.0. The summed E-state index contributed by atoms with van der Waals surface area (Å²) in [5.41, 5.74) is 3.55. The van der Waals surface area contributed by atoms with Crippen molar-refractivity contribution in [2.24, 2.45) is 7.05 Å². The maximum Gasteiger partial charge on any atom is 0.234 e. The average molecular weight is 444 g/mol. The van der Waals surface area contributed by atoms with Gasteiger partial charge >= 0.3 is 0 Å². The molecule has 156 valence electrons. The Morgan fingerprint density at radius 2 is 1.87 bits per heavy atom. The Hall–Kier alpha value is -2.84. The predicted octanol–water partition coefficient (Wildman–Crippen LogP) is 4.00. The van der Waals surface area contributed by atoms with Gasteiger partial charge in [-0.25, -0.2) is 0 Å². The van der Waals surface area contributed by atoms with Crippen LogP contribution in [0.3, 0.4) is 0 Å². The van der Waals surface area contributed by atoms with Gasteiger partial charge in [0.2, 0.25) is 11.8 Å². The van der Waals surface area contributed by atoms with Gasteiger partial charge in [-0.05, 0) is 43.7 Å². The second-order valence-electron chi connectivity index (χ2n) is 6.85. The molecule has 2 N–H and O–H groups in total. The van der Waals surface area contributed by atoms with E-state index in [1.54, 1.807) is 35.9 Å². The highest BCUT2D eigenvalue weighted by Gasteiger charge is 2.15. The van der Waals surface area contributed by atoms with Crippen LogP contribution in [0.25, 0.3) is 0 Å². The number of nitrogens with one attached hydrogen (secondary N) is 2. The maximum atomic E-state index is 12.4. The number of hydrogen-bond donors (Lipinski definition) is 2. The standard InChI is InChI=1S/C21H22ClN5O2S/c1-13-7-8-17(14(2)9-13)24-19(28)11-18-25-26-21(27(18)3)30-12-20(29)23-16-6-4-5-15(22)10-16/h4-10H,11-12H2,1-3H3,(H,23,29)(H,24,28). The van der Waals surface area contributed by atoms with Crippen LogP contribution in [0.15, 0.2) is 47.6 Å². The van der Waals surface area contributed by atoms with E-state index in [-0.39, 0.29) is 24.0 Å². The van der Waals surface area contributed by atoms with Crippen molar-refractivity contribution in [2.75, 3.05) is 16.4 Å². The van der Waals surface area contributed by atoms with E-state index in [9.17, 15) is 9.59 Å². The number of carbonyl (C=O) groups excluding carboxylic acids is 2. The number of benzene rings is 2. The zero-order valence-electron chi connectivity index (χ0n) is 16.9.